The molecule has 8 heteroatoms. The number of esters is 1. The molecule has 2 aromatic rings. The third kappa shape index (κ3) is 4.64. The van der Waals surface area contributed by atoms with Gasteiger partial charge in [-0.2, -0.15) is 0 Å². The molecule has 1 atom stereocenters. The zero-order valence-electron chi connectivity index (χ0n) is 15.8. The number of hydrogen-bond acceptors (Lipinski definition) is 5. The van der Waals surface area contributed by atoms with Crippen LogP contribution in [0.2, 0.25) is 0 Å². The normalized spacial score (nSPS) is 17.6. The highest BCUT2D eigenvalue weighted by Crippen LogP contribution is 2.18. The van der Waals surface area contributed by atoms with Crippen LogP contribution in [0.4, 0.5) is 0 Å². The van der Waals surface area contributed by atoms with Crippen LogP contribution in [-0.2, 0) is 16.1 Å². The number of piperidine rings is 1. The highest BCUT2D eigenvalue weighted by Gasteiger charge is 2.28. The van der Waals surface area contributed by atoms with Gasteiger partial charge >= 0.3 is 5.97 Å². The molecule has 1 aliphatic heterocycles. The number of guanidine groups is 1. The Kier molecular flexibility index (Phi) is 6.40. The van der Waals surface area contributed by atoms with Crippen molar-refractivity contribution in [2.75, 3.05) is 26.7 Å². The van der Waals surface area contributed by atoms with E-state index in [1.165, 1.54) is 0 Å². The van der Waals surface area contributed by atoms with Crippen LogP contribution in [0.1, 0.15) is 25.6 Å². The van der Waals surface area contributed by atoms with Crippen LogP contribution in [0, 0.1) is 5.92 Å². The summed E-state index contributed by atoms with van der Waals surface area (Å²) in [5.74, 6) is 1.32. The van der Waals surface area contributed by atoms with Gasteiger partial charge < -0.3 is 15.0 Å². The molecule has 0 aliphatic carbocycles. The first kappa shape index (κ1) is 18.9. The van der Waals surface area contributed by atoms with Gasteiger partial charge in [0.2, 0.25) is 0 Å². The average Bonchev–Trinajstić information content (AvgIpc) is 3.18. The van der Waals surface area contributed by atoms with Gasteiger partial charge in [0, 0.05) is 25.8 Å². The van der Waals surface area contributed by atoms with Gasteiger partial charge in [0.1, 0.15) is 6.33 Å². The maximum atomic E-state index is 12.1. The monoisotopic (exact) mass is 370 g/mol. The Bertz CT molecular complexity index is 774. The van der Waals surface area contributed by atoms with Crippen molar-refractivity contribution in [3.63, 3.8) is 0 Å². The summed E-state index contributed by atoms with van der Waals surface area (Å²) in [5, 5.41) is 11.6. The molecule has 3 rings (SSSR count). The van der Waals surface area contributed by atoms with Crippen LogP contribution in [0.25, 0.3) is 5.69 Å². The highest BCUT2D eigenvalue weighted by atomic mass is 16.5. The fourth-order valence-electron chi connectivity index (χ4n) is 3.30. The van der Waals surface area contributed by atoms with Gasteiger partial charge in [0.05, 0.1) is 19.1 Å². The summed E-state index contributed by atoms with van der Waals surface area (Å²) in [4.78, 5) is 18.6. The summed E-state index contributed by atoms with van der Waals surface area (Å²) in [5.41, 5.74) is 1.01. The van der Waals surface area contributed by atoms with Crippen molar-refractivity contribution < 1.29 is 9.53 Å². The molecule has 1 fully saturated rings. The van der Waals surface area contributed by atoms with Crippen LogP contribution >= 0.6 is 0 Å². The number of para-hydroxylation sites is 1. The fraction of sp³-hybridized carbons (Fsp3) is 0.474. The summed E-state index contributed by atoms with van der Waals surface area (Å²) in [6.07, 6.45) is 3.49. The Balaban J connectivity index is 1.63. The minimum absolute atomic E-state index is 0.106. The number of rotatable bonds is 5. The maximum absolute atomic E-state index is 12.1. The number of carbonyl (C=O) groups excluding carboxylic acids is 1. The second-order valence-electron chi connectivity index (χ2n) is 6.39. The van der Waals surface area contributed by atoms with Crippen LogP contribution in [0.5, 0.6) is 0 Å². The van der Waals surface area contributed by atoms with Gasteiger partial charge in [-0.05, 0) is 31.9 Å². The molecule has 0 saturated carbocycles. The van der Waals surface area contributed by atoms with E-state index in [-0.39, 0.29) is 11.9 Å². The smallest absolute Gasteiger partial charge is 0.310 e. The first-order valence-electron chi connectivity index (χ1n) is 9.29. The minimum Gasteiger partial charge on any atom is -0.466 e. The van der Waals surface area contributed by atoms with Crippen molar-refractivity contribution in [1.29, 1.82) is 0 Å². The SMILES string of the molecule is CCOC(=O)C1CCCN(C(=NC)NCc2nncn2-c2ccccc2)C1. The molecule has 0 radical (unpaired) electrons. The first-order valence-corrected chi connectivity index (χ1v) is 9.29. The van der Waals surface area contributed by atoms with Crippen LogP contribution in [-0.4, -0.2) is 58.3 Å². The summed E-state index contributed by atoms with van der Waals surface area (Å²) in [7, 11) is 1.75. The molecular formula is C19H26N6O2. The van der Waals surface area contributed by atoms with E-state index in [1.807, 2.05) is 41.8 Å². The van der Waals surface area contributed by atoms with Crippen molar-refractivity contribution in [3.8, 4) is 5.69 Å². The molecule has 1 aromatic carbocycles. The Morgan fingerprint density at radius 3 is 2.93 bits per heavy atom. The zero-order valence-corrected chi connectivity index (χ0v) is 15.8. The molecule has 2 heterocycles. The number of carbonyl (C=O) groups is 1. The molecular weight excluding hydrogens is 344 g/mol. The maximum Gasteiger partial charge on any atom is 0.310 e. The summed E-state index contributed by atoms with van der Waals surface area (Å²) in [6.45, 7) is 4.21. The van der Waals surface area contributed by atoms with E-state index in [0.717, 1.165) is 36.9 Å². The summed E-state index contributed by atoms with van der Waals surface area (Å²) >= 11 is 0. The Hall–Kier alpha value is -2.90. The Morgan fingerprint density at radius 2 is 2.19 bits per heavy atom. The number of likely N-dealkylation sites (tertiary alicyclic amines) is 1. The van der Waals surface area contributed by atoms with Crippen LogP contribution < -0.4 is 5.32 Å². The van der Waals surface area contributed by atoms with E-state index < -0.39 is 0 Å². The number of benzene rings is 1. The van der Waals surface area contributed by atoms with Crippen molar-refractivity contribution in [3.05, 3.63) is 42.5 Å². The van der Waals surface area contributed by atoms with Gasteiger partial charge in [-0.3, -0.25) is 14.4 Å². The Labute approximate surface area is 159 Å². The van der Waals surface area contributed by atoms with Crippen LogP contribution in [0.3, 0.4) is 0 Å². The molecule has 1 aromatic heterocycles. The second kappa shape index (κ2) is 9.16. The van der Waals surface area contributed by atoms with Crippen LogP contribution in [0.15, 0.2) is 41.7 Å². The lowest BCUT2D eigenvalue weighted by atomic mass is 9.98. The van der Waals surface area contributed by atoms with Crippen molar-refractivity contribution in [1.82, 2.24) is 25.0 Å². The average molecular weight is 370 g/mol. The molecule has 27 heavy (non-hydrogen) atoms. The van der Waals surface area contributed by atoms with Gasteiger partial charge in [0.25, 0.3) is 0 Å². The molecule has 1 aliphatic rings. The zero-order chi connectivity index (χ0) is 19.1. The lowest BCUT2D eigenvalue weighted by Crippen LogP contribution is -2.48. The van der Waals surface area contributed by atoms with Crippen molar-refractivity contribution >= 4 is 11.9 Å². The lowest BCUT2D eigenvalue weighted by Gasteiger charge is -2.33. The topological polar surface area (TPSA) is 84.6 Å². The minimum atomic E-state index is -0.124. The van der Waals surface area contributed by atoms with Gasteiger partial charge in [0.15, 0.2) is 11.8 Å². The fourth-order valence-corrected chi connectivity index (χ4v) is 3.30. The number of hydrogen-bond donors (Lipinski definition) is 1. The molecule has 0 bridgehead atoms. The standard InChI is InChI=1S/C19H26N6O2/c1-3-27-18(26)15-8-7-11-24(13-15)19(20-2)21-12-17-23-22-14-25(17)16-9-5-4-6-10-16/h4-6,9-10,14-15H,3,7-8,11-13H2,1-2H3,(H,20,21). The second-order valence-corrected chi connectivity index (χ2v) is 6.39. The largest absolute Gasteiger partial charge is 0.466 e. The van der Waals surface area contributed by atoms with E-state index in [9.17, 15) is 4.79 Å². The molecule has 1 N–H and O–H groups in total. The van der Waals surface area contributed by atoms with E-state index in [2.05, 4.69) is 25.4 Å². The number of nitrogens with zero attached hydrogens (tertiary/aromatic N) is 5. The third-order valence-corrected chi connectivity index (χ3v) is 4.61. The number of aliphatic imine (C=N–C) groups is 1. The van der Waals surface area contributed by atoms with E-state index in [1.54, 1.807) is 13.4 Å². The number of aromatic nitrogens is 3. The predicted molar refractivity (Wildman–Crippen MR) is 102 cm³/mol. The Morgan fingerprint density at radius 1 is 1.37 bits per heavy atom. The van der Waals surface area contributed by atoms with E-state index >= 15 is 0 Å². The lowest BCUT2D eigenvalue weighted by molar-refractivity contribution is -0.149. The van der Waals surface area contributed by atoms with Gasteiger partial charge in [-0.1, -0.05) is 18.2 Å². The quantitative estimate of drug-likeness (QED) is 0.489. The van der Waals surface area contributed by atoms with E-state index in [4.69, 9.17) is 4.74 Å². The molecule has 0 spiro atoms. The predicted octanol–water partition coefficient (Wildman–Crippen LogP) is 1.62. The first-order chi connectivity index (χ1) is 13.2. The summed E-state index contributed by atoms with van der Waals surface area (Å²) < 4.78 is 7.12. The molecule has 0 amide bonds. The van der Waals surface area contributed by atoms with Gasteiger partial charge in [-0.15, -0.1) is 10.2 Å². The van der Waals surface area contributed by atoms with Gasteiger partial charge in [-0.25, -0.2) is 0 Å². The third-order valence-electron chi connectivity index (χ3n) is 4.61. The number of nitrogens with one attached hydrogen (secondary N) is 1. The molecule has 144 valence electrons. The summed E-state index contributed by atoms with van der Waals surface area (Å²) in [6, 6.07) is 9.96. The molecule has 8 nitrogen and oxygen atoms in total. The molecule has 1 unspecified atom stereocenters. The molecule has 1 saturated heterocycles. The van der Waals surface area contributed by atoms with E-state index in [0.29, 0.717) is 19.7 Å². The van der Waals surface area contributed by atoms with Crippen molar-refractivity contribution in [2.24, 2.45) is 10.9 Å². The van der Waals surface area contributed by atoms with Crippen molar-refractivity contribution in [2.45, 2.75) is 26.3 Å². The number of ether oxygens (including phenoxy) is 1. The highest BCUT2D eigenvalue weighted by molar-refractivity contribution is 5.81.